The zero-order valence-corrected chi connectivity index (χ0v) is 19.6. The van der Waals surface area contributed by atoms with Crippen molar-refractivity contribution in [3.8, 4) is 11.5 Å². The minimum atomic E-state index is -0.828. The molecule has 0 aliphatic rings. The summed E-state index contributed by atoms with van der Waals surface area (Å²) in [7, 11) is 4.38. The molecule has 0 spiro atoms. The lowest BCUT2D eigenvalue weighted by atomic mass is 10.1. The van der Waals surface area contributed by atoms with Gasteiger partial charge in [0, 0.05) is 25.7 Å². The van der Waals surface area contributed by atoms with Gasteiger partial charge in [0.15, 0.2) is 18.1 Å². The van der Waals surface area contributed by atoms with E-state index in [9.17, 15) is 18.8 Å². The summed E-state index contributed by atoms with van der Waals surface area (Å²) in [5.41, 5.74) is 0.867. The molecule has 0 unspecified atom stereocenters. The fraction of sp³-hybridized carbons (Fsp3) is 0.208. The number of carbonyl (C=O) groups excluding carboxylic acids is 3. The molecule has 0 saturated carbocycles. The molecule has 3 rings (SSSR count). The molecule has 1 aromatic heterocycles. The minimum Gasteiger partial charge on any atom is -0.493 e. The Kier molecular flexibility index (Phi) is 8.20. The summed E-state index contributed by atoms with van der Waals surface area (Å²) >= 11 is 1.25. The first-order valence-electron chi connectivity index (χ1n) is 10.1. The van der Waals surface area contributed by atoms with E-state index in [-0.39, 0.29) is 29.4 Å². The monoisotopic (exact) mass is 486 g/mol. The number of amides is 2. The molecule has 0 bridgehead atoms. The number of hydrogen-bond donors (Lipinski definition) is 1. The van der Waals surface area contributed by atoms with E-state index in [1.807, 2.05) is 0 Å². The van der Waals surface area contributed by atoms with Gasteiger partial charge < -0.3 is 24.4 Å². The average molecular weight is 487 g/mol. The highest BCUT2D eigenvalue weighted by Gasteiger charge is 2.22. The van der Waals surface area contributed by atoms with Gasteiger partial charge in [0.2, 0.25) is 0 Å². The van der Waals surface area contributed by atoms with Crippen molar-refractivity contribution in [2.75, 3.05) is 33.2 Å². The molecule has 0 fully saturated rings. The van der Waals surface area contributed by atoms with Crippen molar-refractivity contribution in [2.24, 2.45) is 0 Å². The number of methoxy groups -OCH3 is 2. The third kappa shape index (κ3) is 6.10. The van der Waals surface area contributed by atoms with Crippen molar-refractivity contribution in [1.82, 2.24) is 4.90 Å². The van der Waals surface area contributed by atoms with Gasteiger partial charge in [0.25, 0.3) is 11.8 Å². The zero-order valence-electron chi connectivity index (χ0n) is 18.8. The largest absolute Gasteiger partial charge is 0.493 e. The molecule has 3 aromatic rings. The van der Waals surface area contributed by atoms with E-state index in [4.69, 9.17) is 14.2 Å². The lowest BCUT2D eigenvalue weighted by Crippen LogP contribution is -2.31. The predicted octanol–water partition coefficient (Wildman–Crippen LogP) is 3.97. The number of halogens is 1. The third-order valence-corrected chi connectivity index (χ3v) is 5.69. The van der Waals surface area contributed by atoms with Gasteiger partial charge in [-0.25, -0.2) is 9.18 Å². The normalized spacial score (nSPS) is 10.4. The maximum absolute atomic E-state index is 13.1. The van der Waals surface area contributed by atoms with Gasteiger partial charge in [0.05, 0.1) is 30.3 Å². The van der Waals surface area contributed by atoms with Crippen molar-refractivity contribution in [3.05, 3.63) is 75.7 Å². The number of carbonyl (C=O) groups is 3. The number of hydrogen-bond acceptors (Lipinski definition) is 7. The van der Waals surface area contributed by atoms with Crippen LogP contribution in [0.5, 0.6) is 11.5 Å². The van der Waals surface area contributed by atoms with Gasteiger partial charge in [0.1, 0.15) is 5.82 Å². The minimum absolute atomic E-state index is 0.00320. The fourth-order valence-electron chi connectivity index (χ4n) is 3.01. The molecular weight excluding hydrogens is 463 g/mol. The molecule has 1 N–H and O–H groups in total. The van der Waals surface area contributed by atoms with E-state index in [1.54, 1.807) is 36.7 Å². The molecule has 10 heteroatoms. The van der Waals surface area contributed by atoms with Crippen LogP contribution >= 0.6 is 11.3 Å². The molecule has 8 nitrogen and oxygen atoms in total. The van der Waals surface area contributed by atoms with Crippen molar-refractivity contribution in [2.45, 2.75) is 6.54 Å². The quantitative estimate of drug-likeness (QED) is 0.460. The molecule has 0 aliphatic carbocycles. The molecule has 0 atom stereocenters. The number of nitrogens with one attached hydrogen (secondary N) is 1. The lowest BCUT2D eigenvalue weighted by Gasteiger charge is -2.18. The lowest BCUT2D eigenvalue weighted by molar-refractivity contribution is -0.133. The van der Waals surface area contributed by atoms with Crippen LogP contribution in [0.4, 0.5) is 10.1 Å². The highest BCUT2D eigenvalue weighted by atomic mass is 32.1. The van der Waals surface area contributed by atoms with Gasteiger partial charge >= 0.3 is 5.97 Å². The first-order valence-corrected chi connectivity index (χ1v) is 11.0. The maximum atomic E-state index is 13.1. The van der Waals surface area contributed by atoms with Crippen LogP contribution in [0.25, 0.3) is 0 Å². The highest BCUT2D eigenvalue weighted by Crippen LogP contribution is 2.34. The van der Waals surface area contributed by atoms with Crippen molar-refractivity contribution in [1.29, 1.82) is 0 Å². The van der Waals surface area contributed by atoms with E-state index in [0.29, 0.717) is 10.6 Å². The van der Waals surface area contributed by atoms with E-state index in [0.717, 1.165) is 5.56 Å². The summed E-state index contributed by atoms with van der Waals surface area (Å²) in [5, 5.41) is 4.43. The molecule has 0 radical (unpaired) electrons. The Bertz CT molecular complexity index is 1160. The number of anilines is 1. The average Bonchev–Trinajstić information content (AvgIpc) is 3.38. The first-order chi connectivity index (χ1) is 16.3. The Labute approximate surface area is 199 Å². The Morgan fingerprint density at radius 2 is 1.71 bits per heavy atom. The Morgan fingerprint density at radius 1 is 1.03 bits per heavy atom. The molecule has 2 amide bonds. The van der Waals surface area contributed by atoms with Crippen LogP contribution < -0.4 is 14.8 Å². The molecule has 2 aromatic carbocycles. The van der Waals surface area contributed by atoms with Gasteiger partial charge in [-0.05, 0) is 29.1 Å². The number of likely N-dealkylation sites (N-methyl/N-ethyl adjacent to an activating group) is 1. The molecule has 1 heterocycles. The number of ether oxygens (including phenoxy) is 3. The second-order valence-corrected chi connectivity index (χ2v) is 8.08. The molecular formula is C24H23FN2O6S. The third-order valence-electron chi connectivity index (χ3n) is 4.82. The van der Waals surface area contributed by atoms with Gasteiger partial charge in [-0.1, -0.05) is 18.2 Å². The van der Waals surface area contributed by atoms with Crippen LogP contribution in [0.3, 0.4) is 0 Å². The van der Waals surface area contributed by atoms with Gasteiger partial charge in [-0.2, -0.15) is 0 Å². The van der Waals surface area contributed by atoms with E-state index in [2.05, 4.69) is 5.32 Å². The molecule has 0 saturated heterocycles. The SMILES string of the molecule is COc1cc(NC(=O)c2cccs2)c(C(=O)OCC(=O)N(C)Cc2ccc(F)cc2)cc1OC. The van der Waals surface area contributed by atoms with Gasteiger partial charge in [-0.3, -0.25) is 9.59 Å². The van der Waals surface area contributed by atoms with E-state index < -0.39 is 24.4 Å². The van der Waals surface area contributed by atoms with Crippen LogP contribution in [-0.4, -0.2) is 50.6 Å². The highest BCUT2D eigenvalue weighted by molar-refractivity contribution is 7.12. The second kappa shape index (κ2) is 11.3. The summed E-state index contributed by atoms with van der Waals surface area (Å²) in [5.74, 6) is -1.51. The van der Waals surface area contributed by atoms with E-state index >= 15 is 0 Å². The summed E-state index contributed by atoms with van der Waals surface area (Å²) in [4.78, 5) is 39.6. The number of thiophene rings is 1. The Hall–Kier alpha value is -3.92. The van der Waals surface area contributed by atoms with Crippen LogP contribution in [0.1, 0.15) is 25.6 Å². The Morgan fingerprint density at radius 3 is 2.32 bits per heavy atom. The molecule has 0 aliphatic heterocycles. The van der Waals surface area contributed by atoms with Gasteiger partial charge in [-0.15, -0.1) is 11.3 Å². The van der Waals surface area contributed by atoms with Crippen LogP contribution in [0.15, 0.2) is 53.9 Å². The summed E-state index contributed by atoms with van der Waals surface area (Å²) in [6.07, 6.45) is 0. The topological polar surface area (TPSA) is 94.2 Å². The maximum Gasteiger partial charge on any atom is 0.340 e. The van der Waals surface area contributed by atoms with E-state index in [1.165, 1.54) is 54.7 Å². The standard InChI is InChI=1S/C24H23FN2O6S/c1-27(13-15-6-8-16(25)9-7-15)22(28)14-33-24(30)17-11-19(31-2)20(32-3)12-18(17)26-23(29)21-5-4-10-34-21/h4-12H,13-14H2,1-3H3,(H,26,29). The molecule has 34 heavy (non-hydrogen) atoms. The summed E-state index contributed by atoms with van der Waals surface area (Å²) < 4.78 is 28.8. The fourth-order valence-corrected chi connectivity index (χ4v) is 3.63. The van der Waals surface area contributed by atoms with Crippen LogP contribution in [-0.2, 0) is 16.1 Å². The summed E-state index contributed by atoms with van der Waals surface area (Å²) in [6, 6.07) is 11.9. The molecule has 178 valence electrons. The van der Waals surface area contributed by atoms with Crippen LogP contribution in [0.2, 0.25) is 0 Å². The van der Waals surface area contributed by atoms with Crippen molar-refractivity contribution in [3.63, 3.8) is 0 Å². The smallest absolute Gasteiger partial charge is 0.340 e. The number of rotatable bonds is 9. The zero-order chi connectivity index (χ0) is 24.7. The number of esters is 1. The second-order valence-electron chi connectivity index (χ2n) is 7.14. The van der Waals surface area contributed by atoms with Crippen LogP contribution in [0, 0.1) is 5.82 Å². The number of nitrogens with zero attached hydrogens (tertiary/aromatic N) is 1. The van der Waals surface area contributed by atoms with Crippen molar-refractivity contribution < 1.29 is 33.0 Å². The predicted molar refractivity (Wildman–Crippen MR) is 125 cm³/mol. The summed E-state index contributed by atoms with van der Waals surface area (Å²) in [6.45, 7) is -0.307. The first kappa shape index (κ1) is 24.7. The Balaban J connectivity index is 1.73. The number of benzene rings is 2. The van der Waals surface area contributed by atoms with Crippen molar-refractivity contribution >= 4 is 34.8 Å².